The van der Waals surface area contributed by atoms with Crippen LogP contribution < -0.4 is 10.1 Å². The first-order valence-corrected chi connectivity index (χ1v) is 6.41. The van der Waals surface area contributed by atoms with Gasteiger partial charge in [-0.25, -0.2) is 15.0 Å². The summed E-state index contributed by atoms with van der Waals surface area (Å²) in [4.78, 5) is 24.6. The van der Waals surface area contributed by atoms with E-state index in [1.165, 1.54) is 13.4 Å². The number of amides is 1. The molecule has 0 spiro atoms. The van der Waals surface area contributed by atoms with Gasteiger partial charge in [-0.3, -0.25) is 9.89 Å². The standard InChI is InChI=1S/C14H12N6O2/c1-22-14-9(4-3-7-15-14)13(21)19-11-6-2-5-10(18-11)12-16-8-17-20-12/h2-8H,1H3,(H,16,17,20)(H,18,19,21). The first-order chi connectivity index (χ1) is 10.8. The fourth-order valence-electron chi connectivity index (χ4n) is 1.88. The van der Waals surface area contributed by atoms with Gasteiger partial charge in [0.2, 0.25) is 5.88 Å². The molecule has 3 aromatic heterocycles. The SMILES string of the molecule is COc1ncccc1C(=O)Nc1cccc(-c2ncn[nH]2)n1. The van der Waals surface area contributed by atoms with Crippen LogP contribution in [-0.4, -0.2) is 38.2 Å². The van der Waals surface area contributed by atoms with Crippen molar-refractivity contribution in [3.63, 3.8) is 0 Å². The topological polar surface area (TPSA) is 106 Å². The number of rotatable bonds is 4. The number of methoxy groups -OCH3 is 1. The van der Waals surface area contributed by atoms with Gasteiger partial charge in [0.25, 0.3) is 5.91 Å². The lowest BCUT2D eigenvalue weighted by atomic mass is 10.2. The average Bonchev–Trinajstić information content (AvgIpc) is 3.09. The minimum Gasteiger partial charge on any atom is -0.480 e. The highest BCUT2D eigenvalue weighted by Gasteiger charge is 2.14. The fourth-order valence-corrected chi connectivity index (χ4v) is 1.88. The molecule has 0 fully saturated rings. The summed E-state index contributed by atoms with van der Waals surface area (Å²) in [6.07, 6.45) is 2.95. The zero-order chi connectivity index (χ0) is 15.4. The molecular formula is C14H12N6O2. The second-order valence-corrected chi connectivity index (χ2v) is 4.26. The van der Waals surface area contributed by atoms with E-state index in [2.05, 4.69) is 30.5 Å². The van der Waals surface area contributed by atoms with E-state index in [4.69, 9.17) is 4.74 Å². The number of carbonyl (C=O) groups is 1. The molecule has 0 bridgehead atoms. The van der Waals surface area contributed by atoms with Gasteiger partial charge < -0.3 is 10.1 Å². The molecule has 2 N–H and O–H groups in total. The second-order valence-electron chi connectivity index (χ2n) is 4.26. The highest BCUT2D eigenvalue weighted by Crippen LogP contribution is 2.17. The zero-order valence-electron chi connectivity index (χ0n) is 11.6. The predicted octanol–water partition coefficient (Wildman–Crippen LogP) is 1.52. The number of H-pyrrole nitrogens is 1. The van der Waals surface area contributed by atoms with E-state index < -0.39 is 0 Å². The normalized spacial score (nSPS) is 10.2. The van der Waals surface area contributed by atoms with E-state index in [0.717, 1.165) is 0 Å². The van der Waals surface area contributed by atoms with Gasteiger partial charge in [-0.05, 0) is 24.3 Å². The smallest absolute Gasteiger partial charge is 0.262 e. The molecule has 8 nitrogen and oxygen atoms in total. The van der Waals surface area contributed by atoms with Crippen molar-refractivity contribution in [1.82, 2.24) is 25.1 Å². The van der Waals surface area contributed by atoms with Crippen LogP contribution >= 0.6 is 0 Å². The number of hydrogen-bond donors (Lipinski definition) is 2. The van der Waals surface area contributed by atoms with Crippen molar-refractivity contribution in [2.75, 3.05) is 12.4 Å². The molecule has 0 unspecified atom stereocenters. The van der Waals surface area contributed by atoms with Crippen LogP contribution in [0.1, 0.15) is 10.4 Å². The van der Waals surface area contributed by atoms with Crippen LogP contribution in [0.25, 0.3) is 11.5 Å². The summed E-state index contributed by atoms with van der Waals surface area (Å²) in [5.74, 6) is 0.818. The number of carbonyl (C=O) groups excluding carboxylic acids is 1. The predicted molar refractivity (Wildman–Crippen MR) is 78.4 cm³/mol. The Labute approximate surface area is 125 Å². The molecule has 1 amide bonds. The average molecular weight is 296 g/mol. The lowest BCUT2D eigenvalue weighted by molar-refractivity contribution is 0.102. The van der Waals surface area contributed by atoms with Gasteiger partial charge in [0.05, 0.1) is 7.11 Å². The molecule has 0 aliphatic rings. The van der Waals surface area contributed by atoms with E-state index >= 15 is 0 Å². The number of aromatic amines is 1. The third-order valence-electron chi connectivity index (χ3n) is 2.86. The van der Waals surface area contributed by atoms with Crippen molar-refractivity contribution >= 4 is 11.7 Å². The number of hydrogen-bond acceptors (Lipinski definition) is 6. The fraction of sp³-hybridized carbons (Fsp3) is 0.0714. The van der Waals surface area contributed by atoms with Gasteiger partial charge >= 0.3 is 0 Å². The minimum atomic E-state index is -0.354. The Morgan fingerprint density at radius 3 is 2.91 bits per heavy atom. The Morgan fingerprint density at radius 2 is 2.14 bits per heavy atom. The number of nitrogens with one attached hydrogen (secondary N) is 2. The van der Waals surface area contributed by atoms with Crippen LogP contribution in [0, 0.1) is 0 Å². The van der Waals surface area contributed by atoms with Crippen molar-refractivity contribution in [1.29, 1.82) is 0 Å². The summed E-state index contributed by atoms with van der Waals surface area (Å²) in [6, 6.07) is 8.50. The third kappa shape index (κ3) is 2.75. The number of nitrogens with zero attached hydrogens (tertiary/aromatic N) is 4. The van der Waals surface area contributed by atoms with Crippen molar-refractivity contribution in [2.45, 2.75) is 0 Å². The molecule has 3 heterocycles. The maximum Gasteiger partial charge on any atom is 0.262 e. The largest absolute Gasteiger partial charge is 0.480 e. The van der Waals surface area contributed by atoms with Gasteiger partial charge in [-0.15, -0.1) is 0 Å². The molecule has 3 aromatic rings. The molecule has 0 aliphatic heterocycles. The maximum atomic E-state index is 12.3. The molecule has 110 valence electrons. The minimum absolute atomic E-state index is 0.256. The monoisotopic (exact) mass is 296 g/mol. The molecule has 0 atom stereocenters. The quantitative estimate of drug-likeness (QED) is 0.756. The van der Waals surface area contributed by atoms with Crippen LogP contribution in [0.3, 0.4) is 0 Å². The first-order valence-electron chi connectivity index (χ1n) is 6.41. The number of ether oxygens (including phenoxy) is 1. The maximum absolute atomic E-state index is 12.3. The van der Waals surface area contributed by atoms with Gasteiger partial charge in [0.1, 0.15) is 23.4 Å². The van der Waals surface area contributed by atoms with E-state index in [1.54, 1.807) is 36.5 Å². The lowest BCUT2D eigenvalue weighted by Gasteiger charge is -2.08. The summed E-state index contributed by atoms with van der Waals surface area (Å²) >= 11 is 0. The zero-order valence-corrected chi connectivity index (χ0v) is 11.6. The Bertz CT molecular complexity index is 788. The van der Waals surface area contributed by atoms with Crippen molar-refractivity contribution in [3.05, 3.63) is 48.4 Å². The highest BCUT2D eigenvalue weighted by atomic mass is 16.5. The summed E-state index contributed by atoms with van der Waals surface area (Å²) in [7, 11) is 1.46. The van der Waals surface area contributed by atoms with Crippen LogP contribution in [0.4, 0.5) is 5.82 Å². The Kier molecular flexibility index (Phi) is 3.73. The van der Waals surface area contributed by atoms with E-state index in [0.29, 0.717) is 22.9 Å². The number of pyridine rings is 2. The number of aromatic nitrogens is 5. The lowest BCUT2D eigenvalue weighted by Crippen LogP contribution is -2.14. The number of anilines is 1. The summed E-state index contributed by atoms with van der Waals surface area (Å²) in [6.45, 7) is 0. The Balaban J connectivity index is 1.84. The highest BCUT2D eigenvalue weighted by molar-refractivity contribution is 6.05. The molecular weight excluding hydrogens is 284 g/mol. The molecule has 8 heteroatoms. The molecule has 0 aromatic carbocycles. The van der Waals surface area contributed by atoms with E-state index in [1.807, 2.05) is 0 Å². The van der Waals surface area contributed by atoms with Crippen LogP contribution in [0.15, 0.2) is 42.9 Å². The first kappa shape index (κ1) is 13.7. The molecule has 22 heavy (non-hydrogen) atoms. The summed E-state index contributed by atoms with van der Waals surface area (Å²) in [5.41, 5.74) is 0.908. The Hall–Kier alpha value is -3.29. The van der Waals surface area contributed by atoms with Gasteiger partial charge in [-0.1, -0.05) is 6.07 Å². The molecule has 0 saturated heterocycles. The summed E-state index contributed by atoms with van der Waals surface area (Å²) < 4.78 is 5.07. The second kappa shape index (κ2) is 6.00. The summed E-state index contributed by atoms with van der Waals surface area (Å²) in [5, 5.41) is 9.19. The van der Waals surface area contributed by atoms with Gasteiger partial charge in [0, 0.05) is 6.20 Å². The third-order valence-corrected chi connectivity index (χ3v) is 2.86. The van der Waals surface area contributed by atoms with E-state index in [9.17, 15) is 4.79 Å². The van der Waals surface area contributed by atoms with Crippen LogP contribution in [-0.2, 0) is 0 Å². The molecule has 0 saturated carbocycles. The van der Waals surface area contributed by atoms with Crippen molar-refractivity contribution < 1.29 is 9.53 Å². The van der Waals surface area contributed by atoms with Crippen LogP contribution in [0.5, 0.6) is 5.88 Å². The molecule has 3 rings (SSSR count). The van der Waals surface area contributed by atoms with Crippen LogP contribution in [0.2, 0.25) is 0 Å². The molecule has 0 radical (unpaired) electrons. The van der Waals surface area contributed by atoms with Gasteiger partial charge in [0.15, 0.2) is 5.82 Å². The molecule has 0 aliphatic carbocycles. The Morgan fingerprint density at radius 1 is 1.23 bits per heavy atom. The van der Waals surface area contributed by atoms with E-state index in [-0.39, 0.29) is 11.8 Å². The van der Waals surface area contributed by atoms with Gasteiger partial charge in [-0.2, -0.15) is 5.10 Å². The van der Waals surface area contributed by atoms with Crippen molar-refractivity contribution in [3.8, 4) is 17.4 Å². The van der Waals surface area contributed by atoms with Crippen molar-refractivity contribution in [2.24, 2.45) is 0 Å².